The summed E-state index contributed by atoms with van der Waals surface area (Å²) < 4.78 is 1.49. The molecule has 3 aromatic rings. The van der Waals surface area contributed by atoms with Crippen molar-refractivity contribution in [3.8, 4) is 0 Å². The van der Waals surface area contributed by atoms with Gasteiger partial charge in [0.05, 0.1) is 11.9 Å². The monoisotopic (exact) mass is 267 g/mol. The van der Waals surface area contributed by atoms with Crippen molar-refractivity contribution in [1.82, 2.24) is 20.0 Å². The number of Topliss-reactive ketones (excluding diaryl/α,β-unsaturated/α-hetero) is 1. The molecule has 0 bridgehead atoms. The van der Waals surface area contributed by atoms with Crippen molar-refractivity contribution >= 4 is 16.6 Å². The van der Waals surface area contributed by atoms with Crippen molar-refractivity contribution in [1.29, 1.82) is 0 Å². The first kappa shape index (κ1) is 12.4. The number of pyridine rings is 1. The summed E-state index contributed by atoms with van der Waals surface area (Å²) >= 11 is 0. The van der Waals surface area contributed by atoms with Gasteiger partial charge in [-0.2, -0.15) is 0 Å². The third-order valence-corrected chi connectivity index (χ3v) is 3.07. The van der Waals surface area contributed by atoms with Crippen LogP contribution in [0.5, 0.6) is 0 Å². The van der Waals surface area contributed by atoms with Gasteiger partial charge in [0.15, 0.2) is 5.78 Å². The van der Waals surface area contributed by atoms with E-state index in [1.54, 1.807) is 18.6 Å². The molecule has 0 saturated carbocycles. The topological polar surface area (TPSA) is 86.7 Å². The lowest BCUT2D eigenvalue weighted by molar-refractivity contribution is 0.0968. The summed E-state index contributed by atoms with van der Waals surface area (Å²) in [6.45, 7) is 0.437. The summed E-state index contributed by atoms with van der Waals surface area (Å²) in [6, 6.07) is 7.67. The zero-order chi connectivity index (χ0) is 13.9. The lowest BCUT2D eigenvalue weighted by Crippen LogP contribution is -2.12. The van der Waals surface area contributed by atoms with Gasteiger partial charge in [-0.1, -0.05) is 29.5 Å². The highest BCUT2D eigenvalue weighted by atomic mass is 16.1. The Kier molecular flexibility index (Phi) is 3.22. The predicted octanol–water partition coefficient (Wildman–Crippen LogP) is 1.17. The number of carbonyl (C=O) groups excluding carboxylic acids is 1. The minimum absolute atomic E-state index is 0.0530. The third-order valence-electron chi connectivity index (χ3n) is 3.07. The summed E-state index contributed by atoms with van der Waals surface area (Å²) in [5.74, 6) is -0.0530. The lowest BCUT2D eigenvalue weighted by atomic mass is 10.0. The van der Waals surface area contributed by atoms with Crippen LogP contribution >= 0.6 is 0 Å². The second-order valence-electron chi connectivity index (χ2n) is 4.44. The fourth-order valence-corrected chi connectivity index (χ4v) is 2.08. The number of hydrogen-bond donors (Lipinski definition) is 1. The van der Waals surface area contributed by atoms with E-state index < -0.39 is 0 Å². The van der Waals surface area contributed by atoms with Crippen LogP contribution < -0.4 is 5.73 Å². The fraction of sp³-hybridized carbons (Fsp3) is 0.143. The molecule has 0 fully saturated rings. The molecule has 2 aromatic heterocycles. The number of carbonyl (C=O) groups is 1. The fourth-order valence-electron chi connectivity index (χ4n) is 2.08. The Morgan fingerprint density at radius 3 is 2.90 bits per heavy atom. The van der Waals surface area contributed by atoms with E-state index >= 15 is 0 Å². The standard InChI is InChI=1S/C14H13N5O/c15-5-11-8-19(18-17-11)9-14(20)13-7-16-6-10-3-1-2-4-12(10)13/h1-4,6-8H,5,9,15H2. The molecule has 0 amide bonds. The van der Waals surface area contributed by atoms with E-state index in [0.29, 0.717) is 17.8 Å². The van der Waals surface area contributed by atoms with Gasteiger partial charge in [-0.05, 0) is 5.39 Å². The molecule has 0 aliphatic rings. The van der Waals surface area contributed by atoms with Crippen molar-refractivity contribution in [3.05, 3.63) is 54.1 Å². The summed E-state index contributed by atoms with van der Waals surface area (Å²) in [7, 11) is 0. The first-order chi connectivity index (χ1) is 9.78. The zero-order valence-electron chi connectivity index (χ0n) is 10.7. The van der Waals surface area contributed by atoms with Gasteiger partial charge in [-0.3, -0.25) is 9.78 Å². The SMILES string of the molecule is NCc1cn(CC(=O)c2cncc3ccccc23)nn1. The highest BCUT2D eigenvalue weighted by molar-refractivity contribution is 6.07. The van der Waals surface area contributed by atoms with Crippen LogP contribution in [-0.4, -0.2) is 25.8 Å². The summed E-state index contributed by atoms with van der Waals surface area (Å²) in [4.78, 5) is 16.5. The van der Waals surface area contributed by atoms with E-state index in [0.717, 1.165) is 10.8 Å². The molecule has 100 valence electrons. The molecule has 20 heavy (non-hydrogen) atoms. The third kappa shape index (κ3) is 2.28. The Hall–Kier alpha value is -2.60. The molecule has 0 unspecified atom stereocenters. The number of hydrogen-bond acceptors (Lipinski definition) is 5. The van der Waals surface area contributed by atoms with Crippen LogP contribution in [0.2, 0.25) is 0 Å². The number of fused-ring (bicyclic) bond motifs is 1. The zero-order valence-corrected chi connectivity index (χ0v) is 10.7. The van der Waals surface area contributed by atoms with Crippen molar-refractivity contribution in [2.75, 3.05) is 0 Å². The average Bonchev–Trinajstić information content (AvgIpc) is 2.94. The molecule has 2 N–H and O–H groups in total. The van der Waals surface area contributed by atoms with E-state index in [1.165, 1.54) is 4.68 Å². The Morgan fingerprint density at radius 1 is 1.25 bits per heavy atom. The molecule has 0 aliphatic heterocycles. The molecule has 3 rings (SSSR count). The minimum Gasteiger partial charge on any atom is -0.325 e. The largest absolute Gasteiger partial charge is 0.325 e. The lowest BCUT2D eigenvalue weighted by Gasteiger charge is -2.04. The van der Waals surface area contributed by atoms with Crippen LogP contribution in [0, 0.1) is 0 Å². The van der Waals surface area contributed by atoms with Gasteiger partial charge >= 0.3 is 0 Å². The van der Waals surface area contributed by atoms with Crippen LogP contribution in [0.3, 0.4) is 0 Å². The minimum atomic E-state index is -0.0530. The number of nitrogens with two attached hydrogens (primary N) is 1. The molecule has 0 aliphatic carbocycles. The first-order valence-corrected chi connectivity index (χ1v) is 6.23. The Balaban J connectivity index is 1.92. The van der Waals surface area contributed by atoms with Gasteiger partial charge in [0, 0.05) is 29.9 Å². The van der Waals surface area contributed by atoms with E-state index in [9.17, 15) is 4.79 Å². The number of benzene rings is 1. The second kappa shape index (κ2) is 5.18. The summed E-state index contributed by atoms with van der Waals surface area (Å²) in [5.41, 5.74) is 6.72. The van der Waals surface area contributed by atoms with Gasteiger partial charge < -0.3 is 5.73 Å². The molecule has 0 radical (unpaired) electrons. The van der Waals surface area contributed by atoms with Gasteiger partial charge in [-0.15, -0.1) is 5.10 Å². The second-order valence-corrected chi connectivity index (χ2v) is 4.44. The van der Waals surface area contributed by atoms with Gasteiger partial charge in [0.2, 0.25) is 0 Å². The molecular formula is C14H13N5O. The maximum absolute atomic E-state index is 12.4. The van der Waals surface area contributed by atoms with E-state index in [2.05, 4.69) is 15.3 Å². The van der Waals surface area contributed by atoms with Crippen LogP contribution in [0.25, 0.3) is 10.8 Å². The number of ketones is 1. The smallest absolute Gasteiger partial charge is 0.186 e. The van der Waals surface area contributed by atoms with Crippen molar-refractivity contribution in [2.45, 2.75) is 13.1 Å². The van der Waals surface area contributed by atoms with Gasteiger partial charge in [0.1, 0.15) is 6.54 Å². The first-order valence-electron chi connectivity index (χ1n) is 6.23. The van der Waals surface area contributed by atoms with Crippen LogP contribution in [0.15, 0.2) is 42.9 Å². The normalized spacial score (nSPS) is 10.8. The Bertz CT molecular complexity index is 760. The van der Waals surface area contributed by atoms with Crippen LogP contribution in [0.4, 0.5) is 0 Å². The Labute approximate surface area is 115 Å². The van der Waals surface area contributed by atoms with E-state index in [1.807, 2.05) is 24.3 Å². The molecule has 1 aromatic carbocycles. The molecule has 0 atom stereocenters. The maximum atomic E-state index is 12.4. The summed E-state index contributed by atoms with van der Waals surface area (Å²) in [5, 5.41) is 9.58. The van der Waals surface area contributed by atoms with Crippen molar-refractivity contribution in [3.63, 3.8) is 0 Å². The van der Waals surface area contributed by atoms with Crippen molar-refractivity contribution < 1.29 is 4.79 Å². The van der Waals surface area contributed by atoms with Gasteiger partial charge in [0.25, 0.3) is 0 Å². The highest BCUT2D eigenvalue weighted by Crippen LogP contribution is 2.17. The summed E-state index contributed by atoms with van der Waals surface area (Å²) in [6.07, 6.45) is 5.01. The number of nitrogens with zero attached hydrogens (tertiary/aromatic N) is 4. The highest BCUT2D eigenvalue weighted by Gasteiger charge is 2.12. The molecule has 2 heterocycles. The molecular weight excluding hydrogens is 254 g/mol. The molecule has 0 saturated heterocycles. The van der Waals surface area contributed by atoms with Crippen LogP contribution in [-0.2, 0) is 13.1 Å². The quantitative estimate of drug-likeness (QED) is 0.717. The number of aromatic nitrogens is 4. The predicted molar refractivity (Wildman–Crippen MR) is 74.0 cm³/mol. The van der Waals surface area contributed by atoms with Crippen molar-refractivity contribution in [2.24, 2.45) is 5.73 Å². The molecule has 0 spiro atoms. The Morgan fingerprint density at radius 2 is 2.10 bits per heavy atom. The van der Waals surface area contributed by atoms with Gasteiger partial charge in [-0.25, -0.2) is 4.68 Å². The molecule has 6 heteroatoms. The molecule has 6 nitrogen and oxygen atoms in total. The van der Waals surface area contributed by atoms with E-state index in [-0.39, 0.29) is 12.3 Å². The number of rotatable bonds is 4. The van der Waals surface area contributed by atoms with E-state index in [4.69, 9.17) is 5.73 Å². The maximum Gasteiger partial charge on any atom is 0.186 e. The average molecular weight is 267 g/mol. The van der Waals surface area contributed by atoms with Crippen LogP contribution in [0.1, 0.15) is 16.1 Å².